The molecule has 0 fully saturated rings. The van der Waals surface area contributed by atoms with Crippen LogP contribution in [0.5, 0.6) is 0 Å². The van der Waals surface area contributed by atoms with Gasteiger partial charge in [0, 0.05) is 10.6 Å². The van der Waals surface area contributed by atoms with Gasteiger partial charge >= 0.3 is 5.97 Å². The number of aryl methyl sites for hydroxylation is 1. The van der Waals surface area contributed by atoms with Crippen LogP contribution in [0, 0.1) is 13.8 Å². The molecule has 0 aliphatic heterocycles. The van der Waals surface area contributed by atoms with Crippen molar-refractivity contribution in [2.24, 2.45) is 0 Å². The predicted molar refractivity (Wildman–Crippen MR) is 102 cm³/mol. The first-order chi connectivity index (χ1) is 11.9. The Bertz CT molecular complexity index is 756. The van der Waals surface area contributed by atoms with Gasteiger partial charge in [-0.05, 0) is 57.5 Å². The van der Waals surface area contributed by atoms with Crippen molar-refractivity contribution >= 4 is 29.3 Å². The Kier molecular flexibility index (Phi) is 6.65. The molecule has 4 nitrogen and oxygen atoms in total. The summed E-state index contributed by atoms with van der Waals surface area (Å²) in [5, 5.41) is 2.66. The van der Waals surface area contributed by atoms with Gasteiger partial charge in [-0.3, -0.25) is 4.79 Å². The molecule has 2 rings (SSSR count). The summed E-state index contributed by atoms with van der Waals surface area (Å²) < 4.78 is 5.05. The molecule has 1 N–H and O–H groups in total. The SMILES string of the molecule is CCOC(=O)c1cccc(NC(=O)C(C)Sc2ccc(C)cc2)c1C. The molecule has 1 unspecified atom stereocenters. The number of nitrogens with one attached hydrogen (secondary N) is 1. The van der Waals surface area contributed by atoms with Crippen LogP contribution in [-0.4, -0.2) is 23.7 Å². The summed E-state index contributed by atoms with van der Waals surface area (Å²) in [6, 6.07) is 13.3. The van der Waals surface area contributed by atoms with E-state index in [9.17, 15) is 9.59 Å². The quantitative estimate of drug-likeness (QED) is 0.606. The predicted octanol–water partition coefficient (Wildman–Crippen LogP) is 4.60. The van der Waals surface area contributed by atoms with Crippen molar-refractivity contribution < 1.29 is 14.3 Å². The van der Waals surface area contributed by atoms with E-state index in [4.69, 9.17) is 4.74 Å². The van der Waals surface area contributed by atoms with Gasteiger partial charge in [-0.25, -0.2) is 4.79 Å². The summed E-state index contributed by atoms with van der Waals surface area (Å²) in [5.74, 6) is -0.479. The number of anilines is 1. The minimum Gasteiger partial charge on any atom is -0.462 e. The van der Waals surface area contributed by atoms with Crippen LogP contribution < -0.4 is 5.32 Å². The number of amides is 1. The van der Waals surface area contributed by atoms with E-state index < -0.39 is 0 Å². The molecule has 0 saturated heterocycles. The molecule has 0 aliphatic carbocycles. The Morgan fingerprint density at radius 1 is 1.12 bits per heavy atom. The van der Waals surface area contributed by atoms with Gasteiger partial charge in [0.15, 0.2) is 0 Å². The Labute approximate surface area is 153 Å². The second kappa shape index (κ2) is 8.72. The Hall–Kier alpha value is -2.27. The molecule has 1 amide bonds. The topological polar surface area (TPSA) is 55.4 Å². The van der Waals surface area contributed by atoms with E-state index in [1.165, 1.54) is 17.3 Å². The van der Waals surface area contributed by atoms with Crippen molar-refractivity contribution in [3.63, 3.8) is 0 Å². The fraction of sp³-hybridized carbons (Fsp3) is 0.300. The standard InChI is InChI=1S/C20H23NO3S/c1-5-24-20(23)17-7-6-8-18(14(17)3)21-19(22)15(4)25-16-11-9-13(2)10-12-16/h6-12,15H,5H2,1-4H3,(H,21,22). The average molecular weight is 357 g/mol. The Morgan fingerprint density at radius 2 is 1.80 bits per heavy atom. The molecule has 0 radical (unpaired) electrons. The zero-order chi connectivity index (χ0) is 18.4. The van der Waals surface area contributed by atoms with Gasteiger partial charge in [-0.15, -0.1) is 11.8 Å². The van der Waals surface area contributed by atoms with Gasteiger partial charge in [0.05, 0.1) is 17.4 Å². The van der Waals surface area contributed by atoms with E-state index in [-0.39, 0.29) is 17.1 Å². The number of esters is 1. The van der Waals surface area contributed by atoms with Crippen molar-refractivity contribution in [1.29, 1.82) is 0 Å². The summed E-state index contributed by atoms with van der Waals surface area (Å²) >= 11 is 1.50. The van der Waals surface area contributed by atoms with Crippen LogP contribution in [0.1, 0.15) is 35.3 Å². The lowest BCUT2D eigenvalue weighted by atomic mass is 10.1. The lowest BCUT2D eigenvalue weighted by Gasteiger charge is -2.15. The minimum absolute atomic E-state index is 0.102. The first kappa shape index (κ1) is 19.1. The zero-order valence-corrected chi connectivity index (χ0v) is 15.8. The van der Waals surface area contributed by atoms with E-state index in [0.29, 0.717) is 23.4 Å². The van der Waals surface area contributed by atoms with E-state index >= 15 is 0 Å². The molecule has 132 valence electrons. The molecule has 2 aromatic carbocycles. The monoisotopic (exact) mass is 357 g/mol. The first-order valence-corrected chi connectivity index (χ1v) is 9.11. The van der Waals surface area contributed by atoms with Crippen LogP contribution in [0.4, 0.5) is 5.69 Å². The van der Waals surface area contributed by atoms with Crippen LogP contribution in [0.25, 0.3) is 0 Å². The summed E-state index contributed by atoms with van der Waals surface area (Å²) in [7, 11) is 0. The maximum atomic E-state index is 12.5. The highest BCUT2D eigenvalue weighted by molar-refractivity contribution is 8.00. The number of carbonyl (C=O) groups is 2. The molecule has 0 aromatic heterocycles. The fourth-order valence-corrected chi connectivity index (χ4v) is 3.18. The van der Waals surface area contributed by atoms with E-state index in [2.05, 4.69) is 5.32 Å². The number of ether oxygens (including phenoxy) is 1. The van der Waals surface area contributed by atoms with Gasteiger partial charge in [-0.2, -0.15) is 0 Å². The second-order valence-corrected chi connectivity index (χ2v) is 7.18. The van der Waals surface area contributed by atoms with Crippen LogP contribution in [0.2, 0.25) is 0 Å². The largest absolute Gasteiger partial charge is 0.462 e. The van der Waals surface area contributed by atoms with Crippen molar-refractivity contribution in [2.75, 3.05) is 11.9 Å². The molecule has 0 aliphatic rings. The smallest absolute Gasteiger partial charge is 0.338 e. The number of carbonyl (C=O) groups excluding carboxylic acids is 2. The number of rotatable bonds is 6. The molecule has 25 heavy (non-hydrogen) atoms. The number of thioether (sulfide) groups is 1. The van der Waals surface area contributed by atoms with Crippen molar-refractivity contribution in [3.8, 4) is 0 Å². The van der Waals surface area contributed by atoms with Crippen molar-refractivity contribution in [1.82, 2.24) is 0 Å². The number of hydrogen-bond donors (Lipinski definition) is 1. The summed E-state index contributed by atoms with van der Waals surface area (Å²) in [6.07, 6.45) is 0. The van der Waals surface area contributed by atoms with Crippen LogP contribution in [-0.2, 0) is 9.53 Å². The molecule has 0 spiro atoms. The van der Waals surface area contributed by atoms with Crippen LogP contribution in [0.15, 0.2) is 47.4 Å². The molecule has 0 bridgehead atoms. The van der Waals surface area contributed by atoms with Gasteiger partial charge in [0.1, 0.15) is 0 Å². The van der Waals surface area contributed by atoms with E-state index in [0.717, 1.165) is 4.90 Å². The lowest BCUT2D eigenvalue weighted by Crippen LogP contribution is -2.23. The highest BCUT2D eigenvalue weighted by Crippen LogP contribution is 2.26. The highest BCUT2D eigenvalue weighted by Gasteiger charge is 2.18. The highest BCUT2D eigenvalue weighted by atomic mass is 32.2. The molecular formula is C20H23NO3S. The third-order valence-electron chi connectivity index (χ3n) is 3.79. The third kappa shape index (κ3) is 5.10. The molecule has 2 aromatic rings. The van der Waals surface area contributed by atoms with E-state index in [1.807, 2.05) is 38.1 Å². The molecule has 0 saturated carbocycles. The summed E-state index contributed by atoms with van der Waals surface area (Å²) in [4.78, 5) is 25.5. The Balaban J connectivity index is 2.08. The first-order valence-electron chi connectivity index (χ1n) is 8.23. The molecular weight excluding hydrogens is 334 g/mol. The third-order valence-corrected chi connectivity index (χ3v) is 4.90. The summed E-state index contributed by atoms with van der Waals surface area (Å²) in [5.41, 5.74) is 3.00. The summed E-state index contributed by atoms with van der Waals surface area (Å²) in [6.45, 7) is 7.79. The second-order valence-electron chi connectivity index (χ2n) is 5.76. The van der Waals surface area contributed by atoms with Gasteiger partial charge in [-0.1, -0.05) is 23.8 Å². The normalized spacial score (nSPS) is 11.7. The maximum Gasteiger partial charge on any atom is 0.338 e. The van der Waals surface area contributed by atoms with E-state index in [1.54, 1.807) is 32.0 Å². The van der Waals surface area contributed by atoms with Crippen LogP contribution in [0.3, 0.4) is 0 Å². The number of benzene rings is 2. The molecule has 0 heterocycles. The lowest BCUT2D eigenvalue weighted by molar-refractivity contribution is -0.115. The van der Waals surface area contributed by atoms with Crippen LogP contribution >= 0.6 is 11.8 Å². The van der Waals surface area contributed by atoms with Gasteiger partial charge < -0.3 is 10.1 Å². The number of hydrogen-bond acceptors (Lipinski definition) is 4. The molecule has 5 heteroatoms. The molecule has 1 atom stereocenters. The maximum absolute atomic E-state index is 12.5. The van der Waals surface area contributed by atoms with Gasteiger partial charge in [0.2, 0.25) is 5.91 Å². The van der Waals surface area contributed by atoms with Crippen molar-refractivity contribution in [3.05, 3.63) is 59.2 Å². The Morgan fingerprint density at radius 3 is 2.44 bits per heavy atom. The average Bonchev–Trinajstić information content (AvgIpc) is 2.58. The fourth-order valence-electron chi connectivity index (χ4n) is 2.31. The van der Waals surface area contributed by atoms with Gasteiger partial charge in [0.25, 0.3) is 0 Å². The van der Waals surface area contributed by atoms with Crippen molar-refractivity contribution in [2.45, 2.75) is 37.8 Å². The zero-order valence-electron chi connectivity index (χ0n) is 15.0. The minimum atomic E-state index is -0.377.